The number of ether oxygens (including phenoxy) is 5. The molecule has 0 fully saturated rings. The van der Waals surface area contributed by atoms with Gasteiger partial charge in [-0.05, 0) is 49.8 Å². The fourth-order valence-electron chi connectivity index (χ4n) is 2.71. The van der Waals surface area contributed by atoms with E-state index in [1.807, 2.05) is 27.7 Å². The second-order valence-corrected chi connectivity index (χ2v) is 9.57. The van der Waals surface area contributed by atoms with Crippen LogP contribution in [-0.2, 0) is 35.0 Å². The van der Waals surface area contributed by atoms with Crippen LogP contribution in [0.5, 0.6) is 11.5 Å². The van der Waals surface area contributed by atoms with Crippen LogP contribution in [0.1, 0.15) is 66.9 Å². The zero-order valence-corrected chi connectivity index (χ0v) is 22.9. The molecule has 1 rings (SSSR count). The van der Waals surface area contributed by atoms with Crippen LogP contribution in [0.3, 0.4) is 0 Å². The fourth-order valence-corrected chi connectivity index (χ4v) is 2.71. The Hall–Kier alpha value is -3.14. The molecule has 0 amide bonds. The molecule has 208 valence electrons. The maximum Gasteiger partial charge on any atom is 0.508 e. The summed E-state index contributed by atoms with van der Waals surface area (Å²) in [5, 5.41) is 0. The van der Waals surface area contributed by atoms with Crippen molar-refractivity contribution in [2.24, 2.45) is 23.5 Å². The molecule has 0 aliphatic heterocycles. The molecule has 0 saturated carbocycles. The van der Waals surface area contributed by atoms with Gasteiger partial charge in [-0.25, -0.2) is 4.79 Å². The van der Waals surface area contributed by atoms with Gasteiger partial charge in [-0.15, -0.1) is 0 Å². The Morgan fingerprint density at radius 2 is 1.35 bits per heavy atom. The maximum absolute atomic E-state index is 12.4. The van der Waals surface area contributed by atoms with E-state index in [0.717, 1.165) is 0 Å². The van der Waals surface area contributed by atoms with E-state index in [4.69, 9.17) is 29.4 Å². The number of carbonyl (C=O) groups is 4. The second-order valence-electron chi connectivity index (χ2n) is 9.57. The summed E-state index contributed by atoms with van der Waals surface area (Å²) in [7, 11) is 0. The van der Waals surface area contributed by atoms with Crippen molar-refractivity contribution in [1.29, 1.82) is 0 Å². The molecule has 1 aromatic carbocycles. The van der Waals surface area contributed by atoms with Crippen molar-refractivity contribution in [2.75, 3.05) is 13.2 Å². The van der Waals surface area contributed by atoms with Crippen LogP contribution in [0.4, 0.5) is 4.79 Å². The van der Waals surface area contributed by atoms with Gasteiger partial charge in [0.1, 0.15) is 18.8 Å². The summed E-state index contributed by atoms with van der Waals surface area (Å²) in [6, 6.07) is 3.62. The Labute approximate surface area is 219 Å². The molecule has 0 heterocycles. The summed E-state index contributed by atoms with van der Waals surface area (Å²) in [5.41, 5.74) is 6.59. The summed E-state index contributed by atoms with van der Waals surface area (Å²) in [5.74, 6) is -1.95. The zero-order valence-electron chi connectivity index (χ0n) is 22.9. The topological polar surface area (TPSA) is 140 Å². The Balaban J connectivity index is 2.84. The number of esters is 3. The van der Waals surface area contributed by atoms with Gasteiger partial charge in [-0.1, -0.05) is 47.6 Å². The Kier molecular flexibility index (Phi) is 13.7. The van der Waals surface area contributed by atoms with Crippen LogP contribution in [0.2, 0.25) is 0 Å². The largest absolute Gasteiger partial charge is 0.508 e. The van der Waals surface area contributed by atoms with Crippen molar-refractivity contribution in [2.45, 2.75) is 79.9 Å². The first-order valence-electron chi connectivity index (χ1n) is 12.7. The van der Waals surface area contributed by atoms with Crippen LogP contribution >= 0.6 is 0 Å². The maximum atomic E-state index is 12.4. The van der Waals surface area contributed by atoms with Gasteiger partial charge in [-0.3, -0.25) is 14.4 Å². The van der Waals surface area contributed by atoms with E-state index in [0.29, 0.717) is 18.4 Å². The van der Waals surface area contributed by atoms with E-state index >= 15 is 0 Å². The second kappa shape index (κ2) is 15.9. The zero-order chi connectivity index (χ0) is 28.1. The van der Waals surface area contributed by atoms with Crippen molar-refractivity contribution >= 4 is 24.1 Å². The van der Waals surface area contributed by atoms with Gasteiger partial charge < -0.3 is 29.4 Å². The highest BCUT2D eigenvalue weighted by Crippen LogP contribution is 2.31. The average molecular weight is 524 g/mol. The Morgan fingerprint density at radius 1 is 0.784 bits per heavy atom. The van der Waals surface area contributed by atoms with Crippen LogP contribution in [0.15, 0.2) is 18.2 Å². The molecule has 2 N–H and O–H groups in total. The lowest BCUT2D eigenvalue weighted by Crippen LogP contribution is -2.36. The lowest BCUT2D eigenvalue weighted by Gasteiger charge is -2.17. The number of rotatable bonds is 14. The van der Waals surface area contributed by atoms with Gasteiger partial charge in [0.05, 0.1) is 18.4 Å². The van der Waals surface area contributed by atoms with Gasteiger partial charge in [0, 0.05) is 0 Å². The molecule has 0 aliphatic carbocycles. The number of hydrogen-bond donors (Lipinski definition) is 1. The lowest BCUT2D eigenvalue weighted by molar-refractivity contribution is -0.148. The van der Waals surface area contributed by atoms with Crippen LogP contribution in [0, 0.1) is 17.8 Å². The highest BCUT2D eigenvalue weighted by atomic mass is 16.7. The van der Waals surface area contributed by atoms with Crippen molar-refractivity contribution in [1.82, 2.24) is 0 Å². The van der Waals surface area contributed by atoms with Crippen molar-refractivity contribution in [3.63, 3.8) is 0 Å². The molecule has 0 aliphatic rings. The minimum atomic E-state index is -1.04. The molecule has 10 nitrogen and oxygen atoms in total. The minimum Gasteiger partial charge on any atom is -0.461 e. The smallest absolute Gasteiger partial charge is 0.461 e. The number of benzene rings is 1. The summed E-state index contributed by atoms with van der Waals surface area (Å²) in [4.78, 5) is 48.7. The minimum absolute atomic E-state index is 0.0674. The van der Waals surface area contributed by atoms with E-state index < -0.39 is 36.2 Å². The first-order chi connectivity index (χ1) is 17.4. The number of hydrogen-bond acceptors (Lipinski definition) is 10. The molecule has 0 bridgehead atoms. The van der Waals surface area contributed by atoms with E-state index in [2.05, 4.69) is 0 Å². The van der Waals surface area contributed by atoms with Crippen LogP contribution < -0.4 is 15.2 Å². The summed E-state index contributed by atoms with van der Waals surface area (Å²) < 4.78 is 26.1. The quantitative estimate of drug-likeness (QED) is 0.278. The number of carbonyl (C=O) groups excluding carboxylic acids is 4. The third-order valence-corrected chi connectivity index (χ3v) is 5.51. The van der Waals surface area contributed by atoms with E-state index in [9.17, 15) is 19.2 Å². The standard InChI is InChI=1S/C27H41NO9/c1-8-17(5)24(29)36-22-11-10-20(13-23(22)37-25(30)18(6)9-2)12-21(28)26(31)33-15-19(7)35-27(32)34-14-16(3)4/h10-11,13,16-19,21H,8-9,12,14-15,28H2,1-7H3/t17?,18?,19-,21-/m0/s1. The molecule has 37 heavy (non-hydrogen) atoms. The monoisotopic (exact) mass is 523 g/mol. The van der Waals surface area contributed by atoms with E-state index in [1.165, 1.54) is 12.1 Å². The molecule has 1 aromatic rings. The third-order valence-electron chi connectivity index (χ3n) is 5.51. The average Bonchev–Trinajstić information content (AvgIpc) is 2.86. The summed E-state index contributed by atoms with van der Waals surface area (Å²) >= 11 is 0. The van der Waals surface area contributed by atoms with Crippen molar-refractivity contribution < 1.29 is 42.9 Å². The first-order valence-corrected chi connectivity index (χ1v) is 12.7. The van der Waals surface area contributed by atoms with E-state index in [-0.39, 0.29) is 48.9 Å². The Bertz CT molecular complexity index is 915. The highest BCUT2D eigenvalue weighted by molar-refractivity contribution is 5.79. The molecule has 0 spiro atoms. The summed E-state index contributed by atoms with van der Waals surface area (Å²) in [6.07, 6.45) is -0.317. The van der Waals surface area contributed by atoms with Gasteiger partial charge in [0.15, 0.2) is 11.5 Å². The predicted molar refractivity (Wildman–Crippen MR) is 136 cm³/mol. The molecular weight excluding hydrogens is 482 g/mol. The molecular formula is C27H41NO9. The van der Waals surface area contributed by atoms with Gasteiger partial charge in [0.2, 0.25) is 0 Å². The number of nitrogens with two attached hydrogens (primary N) is 1. The first kappa shape index (κ1) is 31.9. The summed E-state index contributed by atoms with van der Waals surface area (Å²) in [6.45, 7) is 12.6. The molecule has 2 unspecified atom stereocenters. The van der Waals surface area contributed by atoms with Gasteiger partial charge >= 0.3 is 24.1 Å². The molecule has 0 aromatic heterocycles. The SMILES string of the molecule is CCC(C)C(=O)Oc1ccc(C[C@H](N)C(=O)OC[C@H](C)OC(=O)OCC(C)C)cc1OC(=O)C(C)CC. The highest BCUT2D eigenvalue weighted by Gasteiger charge is 2.23. The third kappa shape index (κ3) is 11.6. The fraction of sp³-hybridized carbons (Fsp3) is 0.630. The predicted octanol–water partition coefficient (Wildman–Crippen LogP) is 4.20. The normalized spacial score (nSPS) is 14.2. The van der Waals surface area contributed by atoms with E-state index in [1.54, 1.807) is 26.8 Å². The molecule has 10 heteroatoms. The lowest BCUT2D eigenvalue weighted by atomic mass is 10.1. The van der Waals surface area contributed by atoms with Gasteiger partial charge in [-0.2, -0.15) is 0 Å². The van der Waals surface area contributed by atoms with Crippen LogP contribution in [0.25, 0.3) is 0 Å². The van der Waals surface area contributed by atoms with Gasteiger partial charge in [0.25, 0.3) is 0 Å². The molecule has 0 radical (unpaired) electrons. The Morgan fingerprint density at radius 3 is 1.89 bits per heavy atom. The van der Waals surface area contributed by atoms with Crippen LogP contribution in [-0.4, -0.2) is 49.4 Å². The van der Waals surface area contributed by atoms with Crippen molar-refractivity contribution in [3.8, 4) is 11.5 Å². The molecule has 4 atom stereocenters. The molecule has 0 saturated heterocycles. The van der Waals surface area contributed by atoms with Crippen molar-refractivity contribution in [3.05, 3.63) is 23.8 Å².